The van der Waals surface area contributed by atoms with E-state index in [-0.39, 0.29) is 5.56 Å². The van der Waals surface area contributed by atoms with Crippen LogP contribution in [0, 0.1) is 13.8 Å². The van der Waals surface area contributed by atoms with Crippen molar-refractivity contribution in [3.8, 4) is 11.4 Å². The second-order valence-electron chi connectivity index (χ2n) is 6.30. The van der Waals surface area contributed by atoms with Crippen LogP contribution in [0.2, 0.25) is 0 Å². The van der Waals surface area contributed by atoms with Gasteiger partial charge in [-0.15, -0.1) is 0 Å². The SMILES string of the molecule is COc1ccccc1-n1c(C)c(C)n2c3c(=O)n(C)c(=O)n(C)c3nc12. The number of benzene rings is 1. The minimum Gasteiger partial charge on any atom is -0.495 e. The van der Waals surface area contributed by atoms with Gasteiger partial charge in [-0.3, -0.25) is 22.9 Å². The molecule has 0 aliphatic rings. The average Bonchev–Trinajstić information content (AvgIpc) is 3.14. The number of imidazole rings is 2. The highest BCUT2D eigenvalue weighted by Gasteiger charge is 2.23. The molecular formula is C18H19N5O3. The predicted octanol–water partition coefficient (Wildman–Crippen LogP) is 1.30. The van der Waals surface area contributed by atoms with Crippen LogP contribution in [0.1, 0.15) is 11.4 Å². The van der Waals surface area contributed by atoms with Crippen LogP contribution in [0.25, 0.3) is 22.6 Å². The monoisotopic (exact) mass is 353 g/mol. The molecule has 0 fully saturated rings. The maximum atomic E-state index is 12.8. The number of hydrogen-bond donors (Lipinski definition) is 0. The van der Waals surface area contributed by atoms with Crippen LogP contribution in [0.15, 0.2) is 33.9 Å². The Hall–Kier alpha value is -3.29. The van der Waals surface area contributed by atoms with Crippen molar-refractivity contribution in [2.75, 3.05) is 7.11 Å². The van der Waals surface area contributed by atoms with Gasteiger partial charge < -0.3 is 4.74 Å². The summed E-state index contributed by atoms with van der Waals surface area (Å²) in [5.41, 5.74) is 2.62. The van der Waals surface area contributed by atoms with Crippen molar-refractivity contribution in [1.82, 2.24) is 23.1 Å². The Morgan fingerprint density at radius 2 is 1.69 bits per heavy atom. The molecule has 0 atom stereocenters. The standard InChI is InChI=1S/C18H19N5O3/c1-10-11(2)23-14-15(20(3)18(25)21(4)16(14)24)19-17(23)22(10)12-8-6-7-9-13(12)26-5/h6-9H,1-5H3. The van der Waals surface area contributed by atoms with Gasteiger partial charge in [0.25, 0.3) is 5.56 Å². The lowest BCUT2D eigenvalue weighted by molar-refractivity contribution is 0.413. The average molecular weight is 353 g/mol. The minimum absolute atomic E-state index is 0.361. The Morgan fingerprint density at radius 3 is 2.38 bits per heavy atom. The molecule has 134 valence electrons. The number of ether oxygens (including phenoxy) is 1. The molecule has 0 aliphatic heterocycles. The quantitative estimate of drug-likeness (QED) is 0.544. The predicted molar refractivity (Wildman–Crippen MR) is 98.5 cm³/mol. The maximum Gasteiger partial charge on any atom is 0.332 e. The van der Waals surface area contributed by atoms with Gasteiger partial charge in [-0.05, 0) is 26.0 Å². The third-order valence-electron chi connectivity index (χ3n) is 4.96. The van der Waals surface area contributed by atoms with E-state index in [2.05, 4.69) is 4.98 Å². The summed E-state index contributed by atoms with van der Waals surface area (Å²) >= 11 is 0. The molecule has 0 saturated heterocycles. The zero-order chi connectivity index (χ0) is 18.7. The molecular weight excluding hydrogens is 334 g/mol. The van der Waals surface area contributed by atoms with Crippen molar-refractivity contribution in [3.63, 3.8) is 0 Å². The fraction of sp³-hybridized carbons (Fsp3) is 0.278. The van der Waals surface area contributed by atoms with E-state index in [0.29, 0.717) is 22.7 Å². The molecule has 0 bridgehead atoms. The van der Waals surface area contributed by atoms with E-state index in [1.807, 2.05) is 42.7 Å². The molecule has 1 aromatic carbocycles. The van der Waals surface area contributed by atoms with E-state index >= 15 is 0 Å². The second-order valence-corrected chi connectivity index (χ2v) is 6.30. The highest BCUT2D eigenvalue weighted by atomic mass is 16.5. The molecule has 0 radical (unpaired) electrons. The third-order valence-corrected chi connectivity index (χ3v) is 4.96. The van der Waals surface area contributed by atoms with Crippen LogP contribution in [0.5, 0.6) is 5.75 Å². The molecule has 0 N–H and O–H groups in total. The summed E-state index contributed by atoms with van der Waals surface area (Å²) in [5.74, 6) is 1.26. The maximum absolute atomic E-state index is 12.8. The first-order chi connectivity index (χ1) is 12.4. The first kappa shape index (κ1) is 16.2. The summed E-state index contributed by atoms with van der Waals surface area (Å²) in [4.78, 5) is 29.7. The van der Waals surface area contributed by atoms with E-state index in [0.717, 1.165) is 21.6 Å². The van der Waals surface area contributed by atoms with Crippen LogP contribution >= 0.6 is 0 Å². The number of fused-ring (bicyclic) bond motifs is 3. The third kappa shape index (κ3) is 1.86. The number of rotatable bonds is 2. The van der Waals surface area contributed by atoms with Crippen molar-refractivity contribution in [3.05, 3.63) is 56.5 Å². The van der Waals surface area contributed by atoms with Crippen LogP contribution in [-0.2, 0) is 14.1 Å². The summed E-state index contributed by atoms with van der Waals surface area (Å²) in [6.45, 7) is 3.90. The van der Waals surface area contributed by atoms with Gasteiger partial charge in [0.2, 0.25) is 5.78 Å². The van der Waals surface area contributed by atoms with Crippen LogP contribution in [0.3, 0.4) is 0 Å². The zero-order valence-corrected chi connectivity index (χ0v) is 15.3. The summed E-state index contributed by atoms with van der Waals surface area (Å²) in [5, 5.41) is 0. The molecule has 0 aliphatic carbocycles. The molecule has 26 heavy (non-hydrogen) atoms. The summed E-state index contributed by atoms with van der Waals surface area (Å²) in [7, 11) is 4.71. The number of nitrogens with zero attached hydrogens (tertiary/aromatic N) is 5. The Morgan fingerprint density at radius 1 is 1.00 bits per heavy atom. The number of para-hydroxylation sites is 2. The van der Waals surface area contributed by atoms with Gasteiger partial charge >= 0.3 is 5.69 Å². The van der Waals surface area contributed by atoms with Gasteiger partial charge in [-0.2, -0.15) is 4.98 Å². The van der Waals surface area contributed by atoms with E-state index in [1.165, 1.54) is 11.6 Å². The van der Waals surface area contributed by atoms with Gasteiger partial charge in [-0.25, -0.2) is 4.79 Å². The van der Waals surface area contributed by atoms with Crippen molar-refractivity contribution in [2.24, 2.45) is 14.1 Å². The lowest BCUT2D eigenvalue weighted by Gasteiger charge is -2.11. The molecule has 8 nitrogen and oxygen atoms in total. The second kappa shape index (κ2) is 5.35. The molecule has 0 unspecified atom stereocenters. The molecule has 4 aromatic rings. The Bertz CT molecular complexity index is 1300. The van der Waals surface area contributed by atoms with E-state index in [9.17, 15) is 9.59 Å². The summed E-state index contributed by atoms with van der Waals surface area (Å²) in [6, 6.07) is 7.62. The largest absolute Gasteiger partial charge is 0.495 e. The molecule has 3 heterocycles. The van der Waals surface area contributed by atoms with Crippen molar-refractivity contribution >= 4 is 16.9 Å². The van der Waals surface area contributed by atoms with Crippen molar-refractivity contribution < 1.29 is 4.74 Å². The molecule has 8 heteroatoms. The smallest absolute Gasteiger partial charge is 0.332 e. The highest BCUT2D eigenvalue weighted by Crippen LogP contribution is 2.29. The first-order valence-corrected chi connectivity index (χ1v) is 8.18. The summed E-state index contributed by atoms with van der Waals surface area (Å²) < 4.78 is 11.7. The zero-order valence-electron chi connectivity index (χ0n) is 15.3. The Kier molecular flexibility index (Phi) is 3.33. The van der Waals surface area contributed by atoms with Crippen LogP contribution < -0.4 is 16.0 Å². The molecule has 3 aromatic heterocycles. The van der Waals surface area contributed by atoms with E-state index in [1.54, 1.807) is 18.6 Å². The van der Waals surface area contributed by atoms with Gasteiger partial charge in [0.05, 0.1) is 12.8 Å². The topological polar surface area (TPSA) is 75.5 Å². The van der Waals surface area contributed by atoms with Crippen LogP contribution in [0.4, 0.5) is 0 Å². The fourth-order valence-electron chi connectivity index (χ4n) is 3.43. The van der Waals surface area contributed by atoms with E-state index < -0.39 is 5.69 Å². The number of aromatic nitrogens is 5. The molecule has 4 rings (SSSR count). The highest BCUT2D eigenvalue weighted by molar-refractivity contribution is 5.77. The lowest BCUT2D eigenvalue weighted by atomic mass is 10.2. The Labute approximate surface area is 148 Å². The van der Waals surface area contributed by atoms with Gasteiger partial charge in [0.1, 0.15) is 5.75 Å². The van der Waals surface area contributed by atoms with Crippen molar-refractivity contribution in [2.45, 2.75) is 13.8 Å². The molecule has 0 saturated carbocycles. The Balaban J connectivity index is 2.27. The lowest BCUT2D eigenvalue weighted by Crippen LogP contribution is -2.37. The van der Waals surface area contributed by atoms with Gasteiger partial charge in [0, 0.05) is 25.5 Å². The molecule has 0 spiro atoms. The minimum atomic E-state index is -0.401. The normalized spacial score (nSPS) is 11.6. The molecule has 0 amide bonds. The van der Waals surface area contributed by atoms with E-state index in [4.69, 9.17) is 4.74 Å². The summed E-state index contributed by atoms with van der Waals surface area (Å²) in [6.07, 6.45) is 0. The number of methoxy groups -OCH3 is 1. The fourth-order valence-corrected chi connectivity index (χ4v) is 3.43. The van der Waals surface area contributed by atoms with Gasteiger partial charge in [0.15, 0.2) is 11.2 Å². The van der Waals surface area contributed by atoms with Crippen molar-refractivity contribution in [1.29, 1.82) is 0 Å². The van der Waals surface area contributed by atoms with Crippen LogP contribution in [-0.4, -0.2) is 30.2 Å². The van der Waals surface area contributed by atoms with Gasteiger partial charge in [-0.1, -0.05) is 12.1 Å². The first-order valence-electron chi connectivity index (χ1n) is 8.18. The number of hydrogen-bond acceptors (Lipinski definition) is 4. The number of aryl methyl sites for hydroxylation is 2.